The van der Waals surface area contributed by atoms with E-state index in [1.165, 1.54) is 32.1 Å². The molecular weight excluding hydrogens is 284 g/mol. The van der Waals surface area contributed by atoms with E-state index < -0.39 is 5.60 Å². The fourth-order valence-electron chi connectivity index (χ4n) is 7.72. The second kappa shape index (κ2) is 4.84. The highest BCUT2D eigenvalue weighted by Gasteiger charge is 2.64. The largest absolute Gasteiger partial charge is 0.390 e. The minimum absolute atomic E-state index is 0.116. The Labute approximate surface area is 141 Å². The first-order valence-corrected chi connectivity index (χ1v) is 9.94. The van der Waals surface area contributed by atoms with Crippen LogP contribution < -0.4 is 0 Å². The van der Waals surface area contributed by atoms with Crippen molar-refractivity contribution in [3.63, 3.8) is 0 Å². The predicted molar refractivity (Wildman–Crippen MR) is 91.9 cm³/mol. The number of fused-ring (bicyclic) bond motifs is 5. The Morgan fingerprint density at radius 2 is 1.65 bits per heavy atom. The molecule has 0 unspecified atom stereocenters. The molecule has 130 valence electrons. The summed E-state index contributed by atoms with van der Waals surface area (Å²) in [5, 5.41) is 11.0. The van der Waals surface area contributed by atoms with Crippen LogP contribution in [0.4, 0.5) is 0 Å². The van der Waals surface area contributed by atoms with E-state index in [9.17, 15) is 9.90 Å². The SMILES string of the molecule is C[C@H]1CC(=O)C[C@@H]2CC[C@@H]3[C@H](CC[C@@]4(C)[C@H]3CC[C@]4(C)O)[C@]21C. The highest BCUT2D eigenvalue weighted by atomic mass is 16.3. The number of rotatable bonds is 0. The number of aliphatic hydroxyl groups is 1. The van der Waals surface area contributed by atoms with E-state index in [4.69, 9.17) is 0 Å². The summed E-state index contributed by atoms with van der Waals surface area (Å²) in [7, 11) is 0. The molecule has 0 aromatic carbocycles. The summed E-state index contributed by atoms with van der Waals surface area (Å²) >= 11 is 0. The van der Waals surface area contributed by atoms with Crippen LogP contribution in [0, 0.1) is 40.4 Å². The normalized spacial score (nSPS) is 59.2. The summed E-state index contributed by atoms with van der Waals surface area (Å²) in [5.41, 5.74) is -0.00771. The Bertz CT molecular complexity index is 524. The van der Waals surface area contributed by atoms with Crippen LogP contribution in [-0.4, -0.2) is 16.5 Å². The van der Waals surface area contributed by atoms with Crippen LogP contribution in [0.15, 0.2) is 0 Å². The number of carbonyl (C=O) groups is 1. The maximum atomic E-state index is 12.1. The number of hydrogen-bond donors (Lipinski definition) is 1. The molecular formula is C21H34O2. The van der Waals surface area contributed by atoms with Gasteiger partial charge in [-0.2, -0.15) is 0 Å². The van der Waals surface area contributed by atoms with Gasteiger partial charge in [0, 0.05) is 12.8 Å². The van der Waals surface area contributed by atoms with Gasteiger partial charge in [-0.15, -0.1) is 0 Å². The molecule has 0 amide bonds. The fourth-order valence-corrected chi connectivity index (χ4v) is 7.72. The summed E-state index contributed by atoms with van der Waals surface area (Å²) in [6, 6.07) is 0. The quantitative estimate of drug-likeness (QED) is 0.709. The molecule has 0 bridgehead atoms. The first-order valence-electron chi connectivity index (χ1n) is 9.94. The van der Waals surface area contributed by atoms with Crippen LogP contribution >= 0.6 is 0 Å². The van der Waals surface area contributed by atoms with Gasteiger partial charge in [-0.3, -0.25) is 4.79 Å². The van der Waals surface area contributed by atoms with Gasteiger partial charge in [-0.05, 0) is 85.9 Å². The van der Waals surface area contributed by atoms with Crippen LogP contribution in [0.2, 0.25) is 0 Å². The third-order valence-electron chi connectivity index (χ3n) is 9.60. The fraction of sp³-hybridized carbons (Fsp3) is 0.952. The highest BCUT2D eigenvalue weighted by Crippen LogP contribution is 2.68. The lowest BCUT2D eigenvalue weighted by atomic mass is 9.42. The third-order valence-corrected chi connectivity index (χ3v) is 9.60. The van der Waals surface area contributed by atoms with E-state index in [1.807, 2.05) is 0 Å². The Morgan fingerprint density at radius 3 is 2.39 bits per heavy atom. The Hall–Kier alpha value is -0.370. The predicted octanol–water partition coefficient (Wildman–Crippen LogP) is 4.60. The van der Waals surface area contributed by atoms with E-state index in [-0.39, 0.29) is 5.41 Å². The molecule has 0 aromatic heterocycles. The molecule has 4 aliphatic carbocycles. The molecule has 4 saturated carbocycles. The van der Waals surface area contributed by atoms with Gasteiger partial charge in [0.2, 0.25) is 0 Å². The topological polar surface area (TPSA) is 37.3 Å². The lowest BCUT2D eigenvalue weighted by Gasteiger charge is -2.62. The molecule has 23 heavy (non-hydrogen) atoms. The smallest absolute Gasteiger partial charge is 0.133 e. The molecule has 1 N–H and O–H groups in total. The molecule has 0 aromatic rings. The summed E-state index contributed by atoms with van der Waals surface area (Å²) in [6.45, 7) is 9.30. The Morgan fingerprint density at radius 1 is 0.957 bits per heavy atom. The summed E-state index contributed by atoms with van der Waals surface area (Å²) in [5.74, 6) is 3.90. The molecule has 4 aliphatic rings. The molecule has 0 spiro atoms. The average Bonchev–Trinajstić information content (AvgIpc) is 2.71. The number of hydrogen-bond acceptors (Lipinski definition) is 2. The summed E-state index contributed by atoms with van der Waals surface area (Å²) < 4.78 is 0. The maximum Gasteiger partial charge on any atom is 0.133 e. The van der Waals surface area contributed by atoms with E-state index in [1.54, 1.807) is 0 Å². The van der Waals surface area contributed by atoms with Crippen molar-refractivity contribution < 1.29 is 9.90 Å². The molecule has 0 saturated heterocycles. The number of Topliss-reactive ketones (excluding diaryl/α,β-unsaturated/α-hetero) is 1. The van der Waals surface area contributed by atoms with E-state index >= 15 is 0 Å². The number of ketones is 1. The molecule has 0 heterocycles. The van der Waals surface area contributed by atoms with E-state index in [0.29, 0.717) is 29.0 Å². The van der Waals surface area contributed by atoms with E-state index in [0.717, 1.165) is 31.1 Å². The van der Waals surface area contributed by atoms with Crippen LogP contribution in [0.5, 0.6) is 0 Å². The monoisotopic (exact) mass is 318 g/mol. The van der Waals surface area contributed by atoms with Crippen LogP contribution in [0.25, 0.3) is 0 Å². The molecule has 0 aliphatic heterocycles. The lowest BCUT2D eigenvalue weighted by Crippen LogP contribution is -2.58. The Balaban J connectivity index is 1.68. The summed E-state index contributed by atoms with van der Waals surface area (Å²) in [6.07, 6.45) is 8.79. The van der Waals surface area contributed by atoms with Crippen molar-refractivity contribution >= 4 is 5.78 Å². The van der Waals surface area contributed by atoms with Gasteiger partial charge in [-0.25, -0.2) is 0 Å². The van der Waals surface area contributed by atoms with Gasteiger partial charge in [-0.1, -0.05) is 20.8 Å². The maximum absolute atomic E-state index is 12.1. The van der Waals surface area contributed by atoms with Gasteiger partial charge >= 0.3 is 0 Å². The molecule has 4 rings (SSSR count). The molecule has 8 atom stereocenters. The van der Waals surface area contributed by atoms with Crippen LogP contribution in [0.3, 0.4) is 0 Å². The van der Waals surface area contributed by atoms with Crippen molar-refractivity contribution in [3.8, 4) is 0 Å². The van der Waals surface area contributed by atoms with Crippen molar-refractivity contribution in [3.05, 3.63) is 0 Å². The van der Waals surface area contributed by atoms with Crippen molar-refractivity contribution in [2.24, 2.45) is 40.4 Å². The van der Waals surface area contributed by atoms with Crippen LogP contribution in [0.1, 0.15) is 79.1 Å². The van der Waals surface area contributed by atoms with Gasteiger partial charge in [0.15, 0.2) is 0 Å². The molecule has 4 fully saturated rings. The van der Waals surface area contributed by atoms with Gasteiger partial charge in [0.05, 0.1) is 5.60 Å². The van der Waals surface area contributed by atoms with Crippen molar-refractivity contribution in [1.29, 1.82) is 0 Å². The van der Waals surface area contributed by atoms with Crippen molar-refractivity contribution in [2.45, 2.75) is 84.7 Å². The van der Waals surface area contributed by atoms with Gasteiger partial charge in [0.1, 0.15) is 5.78 Å². The third kappa shape index (κ3) is 1.94. The van der Waals surface area contributed by atoms with Gasteiger partial charge in [0.25, 0.3) is 0 Å². The first-order chi connectivity index (χ1) is 10.7. The number of carbonyl (C=O) groups excluding carboxylic acids is 1. The first kappa shape index (κ1) is 16.1. The summed E-state index contributed by atoms with van der Waals surface area (Å²) in [4.78, 5) is 12.1. The standard InChI is InChI=1S/C21H34O2/c1-13-11-15(22)12-14-5-6-16-17-8-10-20(3,23)19(17,2)9-7-18(16)21(13,14)4/h13-14,16-18,23H,5-12H2,1-4H3/t13-,14-,16-,17-,18-,19-,20-,21-/m0/s1. The molecule has 0 radical (unpaired) electrons. The molecule has 2 nitrogen and oxygen atoms in total. The second-order valence-corrected chi connectivity index (χ2v) is 10.1. The minimum Gasteiger partial charge on any atom is -0.390 e. The lowest BCUT2D eigenvalue weighted by molar-refractivity contribution is -0.165. The van der Waals surface area contributed by atoms with Crippen molar-refractivity contribution in [1.82, 2.24) is 0 Å². The molecule has 2 heteroatoms. The zero-order valence-corrected chi connectivity index (χ0v) is 15.4. The van der Waals surface area contributed by atoms with E-state index in [2.05, 4.69) is 27.7 Å². The minimum atomic E-state index is -0.478. The highest BCUT2D eigenvalue weighted by molar-refractivity contribution is 5.80. The zero-order valence-electron chi connectivity index (χ0n) is 15.4. The zero-order chi connectivity index (χ0) is 16.6. The van der Waals surface area contributed by atoms with Crippen molar-refractivity contribution in [2.75, 3.05) is 0 Å². The van der Waals surface area contributed by atoms with Crippen LogP contribution in [-0.2, 0) is 4.79 Å². The average molecular weight is 319 g/mol. The van der Waals surface area contributed by atoms with Gasteiger partial charge < -0.3 is 5.11 Å². The Kier molecular flexibility index (Phi) is 3.39. The second-order valence-electron chi connectivity index (χ2n) is 10.1.